The predicted molar refractivity (Wildman–Crippen MR) is 74.5 cm³/mol. The van der Waals surface area contributed by atoms with Crippen molar-refractivity contribution >= 4 is 21.7 Å². The molecule has 0 aliphatic rings. The van der Waals surface area contributed by atoms with Gasteiger partial charge in [-0.3, -0.25) is 4.72 Å². The molecule has 1 N–H and O–H groups in total. The fourth-order valence-electron chi connectivity index (χ4n) is 1.74. The molecular weight excluding hydrogens is 313 g/mol. The van der Waals surface area contributed by atoms with Crippen molar-refractivity contribution < 1.29 is 27.4 Å². The van der Waals surface area contributed by atoms with Crippen LogP contribution in [0.15, 0.2) is 47.4 Å². The number of hydrogen-bond acceptors (Lipinski definition) is 5. The van der Waals surface area contributed by atoms with Crippen LogP contribution >= 0.6 is 0 Å². The van der Waals surface area contributed by atoms with Crippen LogP contribution in [0.1, 0.15) is 10.4 Å². The van der Waals surface area contributed by atoms with Gasteiger partial charge >= 0.3 is 0 Å². The normalized spacial score (nSPS) is 11.0. The number of sulfonamides is 1. The minimum atomic E-state index is -4.11. The summed E-state index contributed by atoms with van der Waals surface area (Å²) in [5, 5.41) is 10.9. The van der Waals surface area contributed by atoms with E-state index < -0.39 is 21.8 Å². The van der Waals surface area contributed by atoms with Gasteiger partial charge in [-0.1, -0.05) is 0 Å². The zero-order valence-electron chi connectivity index (χ0n) is 11.4. The minimum Gasteiger partial charge on any atom is -0.545 e. The lowest BCUT2D eigenvalue weighted by Crippen LogP contribution is -2.23. The number of carboxylic acid groups (broad SMARTS) is 1. The molecular formula is C14H11FNO5S-. The van der Waals surface area contributed by atoms with Crippen LogP contribution in [0.2, 0.25) is 0 Å². The maximum atomic E-state index is 12.8. The molecule has 2 rings (SSSR count). The van der Waals surface area contributed by atoms with E-state index >= 15 is 0 Å². The van der Waals surface area contributed by atoms with Gasteiger partial charge in [0.25, 0.3) is 10.0 Å². The van der Waals surface area contributed by atoms with Gasteiger partial charge in [-0.15, -0.1) is 0 Å². The Balaban J connectivity index is 2.45. The van der Waals surface area contributed by atoms with Crippen molar-refractivity contribution in [3.8, 4) is 5.75 Å². The Labute approximate surface area is 126 Å². The zero-order valence-corrected chi connectivity index (χ0v) is 12.2. The lowest BCUT2D eigenvalue weighted by atomic mass is 10.2. The summed E-state index contributed by atoms with van der Waals surface area (Å²) in [7, 11) is -2.86. The van der Waals surface area contributed by atoms with Gasteiger partial charge in [-0.25, -0.2) is 12.8 Å². The van der Waals surface area contributed by atoms with E-state index in [0.29, 0.717) is 0 Å². The molecule has 0 spiro atoms. The third kappa shape index (κ3) is 3.34. The van der Waals surface area contributed by atoms with Crippen LogP contribution in [0.3, 0.4) is 0 Å². The first-order chi connectivity index (χ1) is 10.3. The van der Waals surface area contributed by atoms with E-state index in [4.69, 9.17) is 4.74 Å². The summed E-state index contributed by atoms with van der Waals surface area (Å²) < 4.78 is 44.7. The van der Waals surface area contributed by atoms with E-state index in [-0.39, 0.29) is 21.9 Å². The Bertz CT molecular complexity index is 802. The second-order valence-electron chi connectivity index (χ2n) is 4.27. The Morgan fingerprint density at radius 3 is 2.36 bits per heavy atom. The van der Waals surface area contributed by atoms with Gasteiger partial charge in [-0.05, 0) is 48.0 Å². The van der Waals surface area contributed by atoms with Crippen LogP contribution in [0.4, 0.5) is 10.1 Å². The highest BCUT2D eigenvalue weighted by atomic mass is 32.2. The number of ether oxygens (including phenoxy) is 1. The lowest BCUT2D eigenvalue weighted by Gasteiger charge is -2.13. The molecule has 0 heterocycles. The van der Waals surface area contributed by atoms with Gasteiger partial charge in [0.05, 0.1) is 13.1 Å². The van der Waals surface area contributed by atoms with E-state index in [1.54, 1.807) is 0 Å². The maximum absolute atomic E-state index is 12.8. The summed E-state index contributed by atoms with van der Waals surface area (Å²) in [4.78, 5) is 10.5. The number of nitrogens with one attached hydrogen (secondary N) is 1. The Morgan fingerprint density at radius 2 is 1.82 bits per heavy atom. The molecule has 0 saturated carbocycles. The second-order valence-corrected chi connectivity index (χ2v) is 5.92. The van der Waals surface area contributed by atoms with Gasteiger partial charge < -0.3 is 14.6 Å². The molecule has 0 bridgehead atoms. The van der Waals surface area contributed by atoms with Crippen molar-refractivity contribution in [1.82, 2.24) is 0 Å². The highest BCUT2D eigenvalue weighted by molar-refractivity contribution is 7.92. The largest absolute Gasteiger partial charge is 0.545 e. The van der Waals surface area contributed by atoms with E-state index in [1.807, 2.05) is 0 Å². The molecule has 0 radical (unpaired) electrons. The smallest absolute Gasteiger partial charge is 0.265 e. The van der Waals surface area contributed by atoms with E-state index in [1.165, 1.54) is 31.4 Å². The number of aromatic carboxylic acids is 1. The number of carboxylic acids is 1. The number of carbonyl (C=O) groups is 1. The van der Waals surface area contributed by atoms with Crippen LogP contribution in [0, 0.1) is 5.82 Å². The summed E-state index contributed by atoms with van der Waals surface area (Å²) in [5.74, 6) is -2.06. The first-order valence-corrected chi connectivity index (χ1v) is 7.49. The summed E-state index contributed by atoms with van der Waals surface area (Å²) in [6, 6.07) is 7.97. The number of methoxy groups -OCH3 is 1. The SMILES string of the molecule is COc1ccc(C(=O)[O-])cc1S(=O)(=O)Nc1ccc(F)cc1. The van der Waals surface area contributed by atoms with E-state index in [0.717, 1.165) is 18.2 Å². The quantitative estimate of drug-likeness (QED) is 0.885. The third-order valence-corrected chi connectivity index (χ3v) is 4.19. The highest BCUT2D eigenvalue weighted by Crippen LogP contribution is 2.27. The zero-order chi connectivity index (χ0) is 16.3. The molecule has 0 fully saturated rings. The monoisotopic (exact) mass is 324 g/mol. The summed E-state index contributed by atoms with van der Waals surface area (Å²) in [5.41, 5.74) is -0.178. The highest BCUT2D eigenvalue weighted by Gasteiger charge is 2.20. The van der Waals surface area contributed by atoms with Gasteiger partial charge in [0.2, 0.25) is 0 Å². The average molecular weight is 324 g/mol. The van der Waals surface area contributed by atoms with Crippen LogP contribution in [0.25, 0.3) is 0 Å². The van der Waals surface area contributed by atoms with Gasteiger partial charge in [0.15, 0.2) is 0 Å². The van der Waals surface area contributed by atoms with Crippen molar-refractivity contribution in [3.05, 3.63) is 53.8 Å². The molecule has 2 aromatic rings. The number of anilines is 1. The van der Waals surface area contributed by atoms with Crippen molar-refractivity contribution in [3.63, 3.8) is 0 Å². The maximum Gasteiger partial charge on any atom is 0.265 e. The molecule has 0 saturated heterocycles. The Kier molecular flexibility index (Phi) is 4.32. The second kappa shape index (κ2) is 6.02. The van der Waals surface area contributed by atoms with Gasteiger partial charge in [0, 0.05) is 5.69 Å². The van der Waals surface area contributed by atoms with Crippen molar-refractivity contribution in [2.24, 2.45) is 0 Å². The van der Waals surface area contributed by atoms with Crippen molar-refractivity contribution in [1.29, 1.82) is 0 Å². The van der Waals surface area contributed by atoms with E-state index in [2.05, 4.69) is 4.72 Å². The Morgan fingerprint density at radius 1 is 1.18 bits per heavy atom. The topological polar surface area (TPSA) is 95.5 Å². The van der Waals surface area contributed by atoms with Crippen molar-refractivity contribution in [2.45, 2.75) is 4.90 Å². The van der Waals surface area contributed by atoms with Crippen LogP contribution in [0.5, 0.6) is 5.75 Å². The standard InChI is InChI=1S/C14H12FNO5S/c1-21-12-7-2-9(14(17)18)8-13(12)22(19,20)16-11-5-3-10(15)4-6-11/h2-8,16H,1H3,(H,17,18)/p-1. The van der Waals surface area contributed by atoms with Gasteiger partial charge in [-0.2, -0.15) is 0 Å². The fourth-order valence-corrected chi connectivity index (χ4v) is 3.00. The summed E-state index contributed by atoms with van der Waals surface area (Å²) >= 11 is 0. The third-order valence-electron chi connectivity index (χ3n) is 2.79. The first-order valence-electron chi connectivity index (χ1n) is 6.01. The average Bonchev–Trinajstić information content (AvgIpc) is 2.48. The number of carbonyl (C=O) groups excluding carboxylic acids is 1. The molecule has 0 atom stereocenters. The number of benzene rings is 2. The summed E-state index contributed by atoms with van der Waals surface area (Å²) in [6.07, 6.45) is 0. The van der Waals surface area contributed by atoms with Crippen LogP contribution in [-0.2, 0) is 10.0 Å². The van der Waals surface area contributed by atoms with E-state index in [9.17, 15) is 22.7 Å². The predicted octanol–water partition coefficient (Wildman–Crippen LogP) is 0.999. The van der Waals surface area contributed by atoms with Crippen LogP contribution < -0.4 is 14.6 Å². The van der Waals surface area contributed by atoms with Crippen molar-refractivity contribution in [2.75, 3.05) is 11.8 Å². The molecule has 0 aliphatic carbocycles. The lowest BCUT2D eigenvalue weighted by molar-refractivity contribution is -0.255. The molecule has 0 amide bonds. The Hall–Kier alpha value is -2.61. The molecule has 116 valence electrons. The molecule has 6 nitrogen and oxygen atoms in total. The number of hydrogen-bond donors (Lipinski definition) is 1. The summed E-state index contributed by atoms with van der Waals surface area (Å²) in [6.45, 7) is 0. The molecule has 8 heteroatoms. The van der Waals surface area contributed by atoms with Gasteiger partial charge in [0.1, 0.15) is 16.5 Å². The van der Waals surface area contributed by atoms with Crippen LogP contribution in [-0.4, -0.2) is 21.5 Å². The minimum absolute atomic E-state index is 0.0281. The first kappa shape index (κ1) is 15.8. The fraction of sp³-hybridized carbons (Fsp3) is 0.0714. The molecule has 22 heavy (non-hydrogen) atoms. The molecule has 0 unspecified atom stereocenters. The molecule has 2 aromatic carbocycles. The molecule has 0 aromatic heterocycles. The number of halogens is 1. The number of rotatable bonds is 5. The molecule has 0 aliphatic heterocycles.